The first-order chi connectivity index (χ1) is 9.60. The van der Waals surface area contributed by atoms with Crippen LogP contribution in [0.3, 0.4) is 0 Å². The number of hydrogen-bond donors (Lipinski definition) is 1. The van der Waals surface area contributed by atoms with Gasteiger partial charge in [-0.05, 0) is 25.1 Å². The van der Waals surface area contributed by atoms with Crippen LogP contribution in [0.4, 0.5) is 0 Å². The number of carbonyl (C=O) groups excluding carboxylic acids is 1. The molecule has 0 saturated carbocycles. The van der Waals surface area contributed by atoms with E-state index in [-0.39, 0.29) is 5.91 Å². The zero-order valence-corrected chi connectivity index (χ0v) is 13.7. The predicted octanol–water partition coefficient (Wildman–Crippen LogP) is 3.20. The van der Waals surface area contributed by atoms with Crippen LogP contribution in [-0.4, -0.2) is 24.5 Å². The van der Waals surface area contributed by atoms with Crippen LogP contribution in [-0.2, 0) is 6.42 Å². The van der Waals surface area contributed by atoms with Crippen molar-refractivity contribution in [3.05, 3.63) is 44.3 Å². The zero-order chi connectivity index (χ0) is 14.5. The summed E-state index contributed by atoms with van der Waals surface area (Å²) < 4.78 is 6.09. The number of halogens is 1. The summed E-state index contributed by atoms with van der Waals surface area (Å²) in [6.07, 6.45) is 0.739. The summed E-state index contributed by atoms with van der Waals surface area (Å²) in [7, 11) is 1.55. The number of ether oxygens (including phenoxy) is 1. The molecule has 0 saturated heterocycles. The van der Waals surface area contributed by atoms with Gasteiger partial charge in [-0.2, -0.15) is 0 Å². The van der Waals surface area contributed by atoms with Crippen LogP contribution in [0.2, 0.25) is 0 Å². The molecule has 0 fully saturated rings. The molecule has 2 aromatic rings. The Morgan fingerprint density at radius 2 is 2.30 bits per heavy atom. The Morgan fingerprint density at radius 1 is 1.50 bits per heavy atom. The molecule has 20 heavy (non-hydrogen) atoms. The maximum absolute atomic E-state index is 12.1. The molecular formula is C14H15BrN2O2S. The van der Waals surface area contributed by atoms with Gasteiger partial charge in [-0.15, -0.1) is 11.3 Å². The van der Waals surface area contributed by atoms with Gasteiger partial charge >= 0.3 is 0 Å². The standard InChI is InChI=1S/C14H15BrN2O2S/c1-9-8-20-13(17-9)5-6-16-14(18)11-4-3-10(15)7-12(11)19-2/h3-4,7-8H,5-6H2,1-2H3,(H,16,18). The number of methoxy groups -OCH3 is 1. The van der Waals surface area contributed by atoms with Crippen molar-refractivity contribution in [2.24, 2.45) is 0 Å². The first kappa shape index (κ1) is 15.0. The van der Waals surface area contributed by atoms with Crippen LogP contribution in [0.1, 0.15) is 21.1 Å². The van der Waals surface area contributed by atoms with E-state index >= 15 is 0 Å². The van der Waals surface area contributed by atoms with Crippen molar-refractivity contribution in [2.75, 3.05) is 13.7 Å². The summed E-state index contributed by atoms with van der Waals surface area (Å²) in [4.78, 5) is 16.5. The highest BCUT2D eigenvalue weighted by Gasteiger charge is 2.12. The van der Waals surface area contributed by atoms with Crippen LogP contribution in [0.5, 0.6) is 5.75 Å². The third-order valence-electron chi connectivity index (χ3n) is 2.70. The number of thiazole rings is 1. The van der Waals surface area contributed by atoms with Gasteiger partial charge in [0, 0.05) is 28.5 Å². The minimum absolute atomic E-state index is 0.136. The predicted molar refractivity (Wildman–Crippen MR) is 83.6 cm³/mol. The molecule has 1 amide bonds. The van der Waals surface area contributed by atoms with Crippen LogP contribution < -0.4 is 10.1 Å². The molecule has 0 spiro atoms. The van der Waals surface area contributed by atoms with Crippen molar-refractivity contribution in [1.29, 1.82) is 0 Å². The highest BCUT2D eigenvalue weighted by Crippen LogP contribution is 2.23. The molecule has 106 valence electrons. The molecule has 0 atom stereocenters. The summed E-state index contributed by atoms with van der Waals surface area (Å²) in [5.74, 6) is 0.421. The van der Waals surface area contributed by atoms with Crippen LogP contribution in [0.25, 0.3) is 0 Å². The molecule has 0 unspecified atom stereocenters. The summed E-state index contributed by atoms with van der Waals surface area (Å²) in [6, 6.07) is 5.34. The zero-order valence-electron chi connectivity index (χ0n) is 11.3. The fourth-order valence-electron chi connectivity index (χ4n) is 1.75. The Bertz CT molecular complexity index is 613. The second kappa shape index (κ2) is 6.85. The van der Waals surface area contributed by atoms with Crippen LogP contribution in [0, 0.1) is 6.92 Å². The lowest BCUT2D eigenvalue weighted by atomic mass is 10.2. The second-order valence-electron chi connectivity index (χ2n) is 4.23. The third-order valence-corrected chi connectivity index (χ3v) is 4.22. The Morgan fingerprint density at radius 3 is 2.95 bits per heavy atom. The molecular weight excluding hydrogens is 340 g/mol. The summed E-state index contributed by atoms with van der Waals surface area (Å²) in [6.45, 7) is 2.52. The fourth-order valence-corrected chi connectivity index (χ4v) is 2.86. The monoisotopic (exact) mass is 354 g/mol. The molecule has 1 aromatic heterocycles. The highest BCUT2D eigenvalue weighted by molar-refractivity contribution is 9.10. The van der Waals surface area contributed by atoms with E-state index in [1.165, 1.54) is 0 Å². The molecule has 1 aromatic carbocycles. The van der Waals surface area contributed by atoms with Gasteiger partial charge in [-0.1, -0.05) is 15.9 Å². The number of hydrogen-bond acceptors (Lipinski definition) is 4. The number of amides is 1. The van der Waals surface area contributed by atoms with Gasteiger partial charge in [0.2, 0.25) is 0 Å². The number of nitrogens with one attached hydrogen (secondary N) is 1. The lowest BCUT2D eigenvalue weighted by Gasteiger charge is -2.09. The minimum atomic E-state index is -0.136. The molecule has 1 heterocycles. The number of nitrogens with zero attached hydrogens (tertiary/aromatic N) is 1. The van der Waals surface area contributed by atoms with E-state index < -0.39 is 0 Å². The van der Waals surface area contributed by atoms with Crippen molar-refractivity contribution >= 4 is 33.2 Å². The largest absolute Gasteiger partial charge is 0.496 e. The number of aromatic nitrogens is 1. The van der Waals surface area contributed by atoms with Crippen molar-refractivity contribution in [1.82, 2.24) is 10.3 Å². The molecule has 1 N–H and O–H groups in total. The van der Waals surface area contributed by atoms with Crippen molar-refractivity contribution in [3.63, 3.8) is 0 Å². The average Bonchev–Trinajstić information content (AvgIpc) is 2.84. The van der Waals surface area contributed by atoms with E-state index in [4.69, 9.17) is 4.74 Å². The number of aryl methyl sites for hydroxylation is 1. The summed E-state index contributed by atoms with van der Waals surface area (Å²) in [5.41, 5.74) is 1.55. The van der Waals surface area contributed by atoms with Gasteiger partial charge in [0.05, 0.1) is 17.7 Å². The topological polar surface area (TPSA) is 51.2 Å². The van der Waals surface area contributed by atoms with E-state index in [0.717, 1.165) is 21.6 Å². The lowest BCUT2D eigenvalue weighted by Crippen LogP contribution is -2.26. The Hall–Kier alpha value is -1.40. The Balaban J connectivity index is 1.95. The highest BCUT2D eigenvalue weighted by atomic mass is 79.9. The molecule has 4 nitrogen and oxygen atoms in total. The molecule has 0 bridgehead atoms. The fraction of sp³-hybridized carbons (Fsp3) is 0.286. The van der Waals surface area contributed by atoms with Gasteiger partial charge in [0.15, 0.2) is 0 Å². The van der Waals surface area contributed by atoms with Gasteiger partial charge in [0.1, 0.15) is 5.75 Å². The number of benzene rings is 1. The first-order valence-corrected chi connectivity index (χ1v) is 7.80. The van der Waals surface area contributed by atoms with E-state index in [1.54, 1.807) is 30.6 Å². The molecule has 0 radical (unpaired) electrons. The molecule has 0 aliphatic carbocycles. The second-order valence-corrected chi connectivity index (χ2v) is 6.09. The van der Waals surface area contributed by atoms with E-state index in [2.05, 4.69) is 26.2 Å². The van der Waals surface area contributed by atoms with Gasteiger partial charge < -0.3 is 10.1 Å². The molecule has 0 aliphatic rings. The Labute approximate surface area is 130 Å². The first-order valence-electron chi connectivity index (χ1n) is 6.13. The normalized spacial score (nSPS) is 10.3. The van der Waals surface area contributed by atoms with Crippen LogP contribution in [0.15, 0.2) is 28.1 Å². The maximum Gasteiger partial charge on any atom is 0.255 e. The van der Waals surface area contributed by atoms with Gasteiger partial charge in [0.25, 0.3) is 5.91 Å². The smallest absolute Gasteiger partial charge is 0.255 e. The maximum atomic E-state index is 12.1. The van der Waals surface area contributed by atoms with Crippen LogP contribution >= 0.6 is 27.3 Å². The Kier molecular flexibility index (Phi) is 5.14. The third kappa shape index (κ3) is 3.80. The van der Waals surface area contributed by atoms with Gasteiger partial charge in [-0.3, -0.25) is 4.79 Å². The number of rotatable bonds is 5. The average molecular weight is 355 g/mol. The molecule has 0 aliphatic heterocycles. The molecule has 6 heteroatoms. The quantitative estimate of drug-likeness (QED) is 0.896. The lowest BCUT2D eigenvalue weighted by molar-refractivity contribution is 0.0951. The number of carbonyl (C=O) groups is 1. The van der Waals surface area contributed by atoms with Crippen molar-refractivity contribution in [2.45, 2.75) is 13.3 Å². The van der Waals surface area contributed by atoms with E-state index in [9.17, 15) is 4.79 Å². The van der Waals surface area contributed by atoms with E-state index in [0.29, 0.717) is 17.9 Å². The van der Waals surface area contributed by atoms with Crippen molar-refractivity contribution in [3.8, 4) is 5.75 Å². The SMILES string of the molecule is COc1cc(Br)ccc1C(=O)NCCc1nc(C)cs1. The summed E-state index contributed by atoms with van der Waals surface area (Å²) in [5, 5.41) is 5.93. The van der Waals surface area contributed by atoms with Crippen molar-refractivity contribution < 1.29 is 9.53 Å². The minimum Gasteiger partial charge on any atom is -0.496 e. The molecule has 2 rings (SSSR count). The van der Waals surface area contributed by atoms with E-state index in [1.807, 2.05) is 18.4 Å². The summed E-state index contributed by atoms with van der Waals surface area (Å²) >= 11 is 4.97. The van der Waals surface area contributed by atoms with Gasteiger partial charge in [-0.25, -0.2) is 4.98 Å².